The van der Waals surface area contributed by atoms with Gasteiger partial charge in [-0.05, 0) is 88.0 Å². The summed E-state index contributed by atoms with van der Waals surface area (Å²) in [5.74, 6) is 0.974. The first kappa shape index (κ1) is 18.5. The van der Waals surface area contributed by atoms with Gasteiger partial charge in [0.15, 0.2) is 0 Å². The molecular weight excluding hydrogens is 563 g/mol. The van der Waals surface area contributed by atoms with Gasteiger partial charge in [-0.2, -0.15) is 0 Å². The van der Waals surface area contributed by atoms with Crippen LogP contribution in [0.25, 0.3) is 0 Å². The first-order valence-electron chi connectivity index (χ1n) is 6.30. The number of para-hydroxylation sites is 1. The lowest BCUT2D eigenvalue weighted by Gasteiger charge is -2.24. The maximum Gasteiger partial charge on any atom is 0.137 e. The van der Waals surface area contributed by atoms with Crippen molar-refractivity contribution in [3.63, 3.8) is 0 Å². The molecule has 0 saturated heterocycles. The number of nitrogens with zero attached hydrogens (tertiary/aromatic N) is 2. The molecule has 0 atom stereocenters. The summed E-state index contributed by atoms with van der Waals surface area (Å²) in [6.07, 6.45) is 0. The molecular formula is C15H11Br4ClN2. The van der Waals surface area contributed by atoms with Gasteiger partial charge in [0.1, 0.15) is 5.84 Å². The zero-order valence-electron chi connectivity index (χ0n) is 11.2. The fourth-order valence-electron chi connectivity index (χ4n) is 2.34. The Balaban J connectivity index is 0.00000176. The third-order valence-corrected chi connectivity index (χ3v) is 5.84. The number of hydrogen-bond donors (Lipinski definition) is 0. The fraction of sp³-hybridized carbons (Fsp3) is 0.133. The van der Waals surface area contributed by atoms with Crippen molar-refractivity contribution in [2.24, 2.45) is 4.99 Å². The van der Waals surface area contributed by atoms with Crippen LogP contribution in [0.15, 0.2) is 59.3 Å². The van der Waals surface area contributed by atoms with E-state index >= 15 is 0 Å². The van der Waals surface area contributed by atoms with Gasteiger partial charge in [0.05, 0.1) is 12.2 Å². The van der Waals surface area contributed by atoms with Crippen LogP contribution in [-0.4, -0.2) is 18.9 Å². The van der Waals surface area contributed by atoms with Crippen LogP contribution in [0.5, 0.6) is 0 Å². The van der Waals surface area contributed by atoms with Crippen molar-refractivity contribution in [2.75, 3.05) is 18.0 Å². The molecule has 3 rings (SSSR count). The van der Waals surface area contributed by atoms with E-state index in [1.807, 2.05) is 36.4 Å². The van der Waals surface area contributed by atoms with Crippen LogP contribution in [0.4, 0.5) is 5.69 Å². The number of benzene rings is 2. The summed E-state index contributed by atoms with van der Waals surface area (Å²) in [4.78, 5) is 6.94. The quantitative estimate of drug-likeness (QED) is 0.404. The zero-order valence-corrected chi connectivity index (χ0v) is 18.4. The van der Waals surface area contributed by atoms with Crippen molar-refractivity contribution >= 4 is 87.6 Å². The van der Waals surface area contributed by atoms with Crippen molar-refractivity contribution in [1.29, 1.82) is 0 Å². The lowest BCUT2D eigenvalue weighted by atomic mass is 10.2. The van der Waals surface area contributed by atoms with E-state index in [1.165, 1.54) is 0 Å². The monoisotopic (exact) mass is 570 g/mol. The lowest BCUT2D eigenvalue weighted by molar-refractivity contribution is 1.02. The second kappa shape index (κ2) is 7.79. The number of aliphatic imine (C=N–C) groups is 1. The summed E-state index contributed by atoms with van der Waals surface area (Å²) in [6, 6.07) is 12.2. The predicted octanol–water partition coefficient (Wildman–Crippen LogP) is 6.43. The van der Waals surface area contributed by atoms with Crippen molar-refractivity contribution in [3.05, 3.63) is 59.9 Å². The van der Waals surface area contributed by atoms with Gasteiger partial charge in [0.2, 0.25) is 0 Å². The number of amidine groups is 1. The van der Waals surface area contributed by atoms with Crippen LogP contribution < -0.4 is 4.90 Å². The van der Waals surface area contributed by atoms with Crippen LogP contribution >= 0.6 is 76.1 Å². The van der Waals surface area contributed by atoms with E-state index in [9.17, 15) is 0 Å². The molecule has 0 unspecified atom stereocenters. The molecule has 1 heterocycles. The van der Waals surface area contributed by atoms with Crippen molar-refractivity contribution < 1.29 is 0 Å². The first-order valence-corrected chi connectivity index (χ1v) is 9.47. The summed E-state index contributed by atoms with van der Waals surface area (Å²) in [7, 11) is 0. The zero-order chi connectivity index (χ0) is 15.0. The lowest BCUT2D eigenvalue weighted by Crippen LogP contribution is -2.29. The molecule has 116 valence electrons. The highest BCUT2D eigenvalue weighted by Crippen LogP contribution is 2.38. The SMILES string of the molecule is Brc1cccc(Br)c1C1=NCCN1c1c(Br)cccc1Br.Cl. The van der Waals surface area contributed by atoms with Gasteiger partial charge < -0.3 is 4.90 Å². The molecule has 0 amide bonds. The van der Waals surface area contributed by atoms with E-state index in [1.54, 1.807) is 0 Å². The van der Waals surface area contributed by atoms with Gasteiger partial charge in [0.25, 0.3) is 0 Å². The minimum Gasteiger partial charge on any atom is -0.322 e. The molecule has 7 heteroatoms. The molecule has 22 heavy (non-hydrogen) atoms. The van der Waals surface area contributed by atoms with Crippen LogP contribution in [-0.2, 0) is 0 Å². The standard InChI is InChI=1S/C15H10Br4N2.ClH/c16-9-3-1-4-10(17)13(9)15-20-7-8-21(15)14-11(18)5-2-6-12(14)19;/h1-6H,7-8H2;1H. The average molecular weight is 574 g/mol. The predicted molar refractivity (Wildman–Crippen MR) is 110 cm³/mol. The van der Waals surface area contributed by atoms with Crippen molar-refractivity contribution in [1.82, 2.24) is 0 Å². The number of rotatable bonds is 2. The number of anilines is 1. The molecule has 2 aromatic carbocycles. The molecule has 2 aromatic rings. The van der Waals surface area contributed by atoms with Gasteiger partial charge >= 0.3 is 0 Å². The highest BCUT2D eigenvalue weighted by atomic mass is 79.9. The largest absolute Gasteiger partial charge is 0.322 e. The third kappa shape index (κ3) is 3.46. The second-order valence-corrected chi connectivity index (χ2v) is 7.94. The first-order chi connectivity index (χ1) is 10.1. The summed E-state index contributed by atoms with van der Waals surface area (Å²) < 4.78 is 4.17. The maximum atomic E-state index is 4.71. The smallest absolute Gasteiger partial charge is 0.137 e. The van der Waals surface area contributed by atoms with E-state index in [4.69, 9.17) is 4.99 Å². The van der Waals surface area contributed by atoms with E-state index in [0.29, 0.717) is 0 Å². The Morgan fingerprint density at radius 3 is 1.86 bits per heavy atom. The number of halogens is 5. The van der Waals surface area contributed by atoms with Gasteiger partial charge in [-0.3, -0.25) is 4.99 Å². The molecule has 0 N–H and O–H groups in total. The van der Waals surface area contributed by atoms with Gasteiger partial charge in [-0.1, -0.05) is 12.1 Å². The van der Waals surface area contributed by atoms with E-state index < -0.39 is 0 Å². The second-order valence-electron chi connectivity index (χ2n) is 4.52. The molecule has 0 aromatic heterocycles. The van der Waals surface area contributed by atoms with E-state index in [2.05, 4.69) is 68.6 Å². The summed E-state index contributed by atoms with van der Waals surface area (Å²) >= 11 is 14.6. The molecule has 2 nitrogen and oxygen atoms in total. The summed E-state index contributed by atoms with van der Waals surface area (Å²) in [5.41, 5.74) is 2.19. The molecule has 0 spiro atoms. The van der Waals surface area contributed by atoms with Crippen molar-refractivity contribution in [3.8, 4) is 0 Å². The Labute approximate surface area is 169 Å². The Morgan fingerprint density at radius 2 is 1.32 bits per heavy atom. The van der Waals surface area contributed by atoms with Gasteiger partial charge in [-0.15, -0.1) is 12.4 Å². The van der Waals surface area contributed by atoms with Crippen LogP contribution in [0.1, 0.15) is 5.56 Å². The topological polar surface area (TPSA) is 15.6 Å². The molecule has 0 saturated carbocycles. The minimum atomic E-state index is 0. The van der Waals surface area contributed by atoms with Crippen LogP contribution in [0.3, 0.4) is 0 Å². The van der Waals surface area contributed by atoms with Crippen LogP contribution in [0, 0.1) is 0 Å². The molecule has 0 bridgehead atoms. The maximum absolute atomic E-state index is 4.71. The Bertz CT molecular complexity index is 693. The Hall–Kier alpha value is 0.120. The van der Waals surface area contributed by atoms with Gasteiger partial charge in [0, 0.05) is 30.0 Å². The highest BCUT2D eigenvalue weighted by Gasteiger charge is 2.26. The Morgan fingerprint density at radius 1 is 0.818 bits per heavy atom. The van der Waals surface area contributed by atoms with E-state index in [0.717, 1.165) is 48.1 Å². The summed E-state index contributed by atoms with van der Waals surface area (Å²) in [6.45, 7) is 1.65. The van der Waals surface area contributed by atoms with Crippen LogP contribution in [0.2, 0.25) is 0 Å². The number of hydrogen-bond acceptors (Lipinski definition) is 2. The molecule has 1 aliphatic rings. The third-order valence-electron chi connectivity index (χ3n) is 3.23. The van der Waals surface area contributed by atoms with Crippen molar-refractivity contribution in [2.45, 2.75) is 0 Å². The fourth-order valence-corrected chi connectivity index (χ4v) is 5.12. The average Bonchev–Trinajstić information content (AvgIpc) is 2.87. The normalized spacial score (nSPS) is 13.8. The van der Waals surface area contributed by atoms with E-state index in [-0.39, 0.29) is 12.4 Å². The molecule has 0 aliphatic carbocycles. The summed E-state index contributed by atoms with van der Waals surface area (Å²) in [5, 5.41) is 0. The minimum absolute atomic E-state index is 0. The molecule has 0 radical (unpaired) electrons. The molecule has 0 fully saturated rings. The highest BCUT2D eigenvalue weighted by molar-refractivity contribution is 9.11. The van der Waals surface area contributed by atoms with Gasteiger partial charge in [-0.25, -0.2) is 0 Å². The Kier molecular flexibility index (Phi) is 6.54. The molecule has 1 aliphatic heterocycles.